The molecule has 7 heteroatoms. The Morgan fingerprint density at radius 2 is 2.16 bits per heavy atom. The van der Waals surface area contributed by atoms with Crippen molar-refractivity contribution in [1.82, 2.24) is 10.6 Å². The average Bonchev–Trinajstić information content (AvgIpc) is 3.21. The van der Waals surface area contributed by atoms with Crippen molar-refractivity contribution in [2.24, 2.45) is 17.8 Å². The lowest BCUT2D eigenvalue weighted by atomic mass is 9.85. The number of amides is 2. The molecule has 7 nitrogen and oxygen atoms in total. The summed E-state index contributed by atoms with van der Waals surface area (Å²) in [6.07, 6.45) is 3.96. The quantitative estimate of drug-likeness (QED) is 0.543. The number of benzene rings is 1. The van der Waals surface area contributed by atoms with E-state index in [-0.39, 0.29) is 36.3 Å². The van der Waals surface area contributed by atoms with Gasteiger partial charge in [0.05, 0.1) is 11.0 Å². The third-order valence-electron chi connectivity index (χ3n) is 5.79. The first kappa shape index (κ1) is 17.7. The van der Waals surface area contributed by atoms with Crippen LogP contribution in [0.5, 0.6) is 0 Å². The minimum absolute atomic E-state index is 0.0198. The fourth-order valence-electron chi connectivity index (χ4n) is 4.53. The number of nitro benzene ring substituents is 1. The van der Waals surface area contributed by atoms with Gasteiger partial charge in [-0.25, -0.2) is 4.79 Å². The third-order valence-corrected chi connectivity index (χ3v) is 5.79. The Morgan fingerprint density at radius 3 is 2.84 bits per heavy atom. The number of nitrogens with one attached hydrogen (secondary N) is 2. The largest absolute Gasteiger partial charge is 0.396 e. The van der Waals surface area contributed by atoms with Crippen molar-refractivity contribution >= 4 is 11.7 Å². The second-order valence-electron chi connectivity index (χ2n) is 7.14. The van der Waals surface area contributed by atoms with E-state index in [0.717, 1.165) is 24.8 Å². The van der Waals surface area contributed by atoms with Crippen LogP contribution < -0.4 is 10.6 Å². The van der Waals surface area contributed by atoms with Crippen molar-refractivity contribution < 1.29 is 14.8 Å². The van der Waals surface area contributed by atoms with Crippen LogP contribution in [0.4, 0.5) is 10.5 Å². The molecule has 0 saturated heterocycles. The molecule has 2 fully saturated rings. The van der Waals surface area contributed by atoms with Gasteiger partial charge in [-0.05, 0) is 43.1 Å². The highest BCUT2D eigenvalue weighted by Crippen LogP contribution is 2.48. The van der Waals surface area contributed by atoms with Crippen LogP contribution in [0.2, 0.25) is 0 Å². The molecule has 2 saturated carbocycles. The van der Waals surface area contributed by atoms with E-state index in [1.807, 2.05) is 6.92 Å². The number of hydrogen-bond acceptors (Lipinski definition) is 4. The SMILES string of the molecule is CCC(NC(=O)NC1C2CCC(C2)C1CO)c1cccc([N+](=O)[O-])c1. The number of urea groups is 1. The van der Waals surface area contributed by atoms with Crippen molar-refractivity contribution in [2.75, 3.05) is 6.61 Å². The molecule has 3 N–H and O–H groups in total. The highest BCUT2D eigenvalue weighted by Gasteiger charge is 2.47. The summed E-state index contributed by atoms with van der Waals surface area (Å²) in [4.78, 5) is 23.0. The number of carbonyl (C=O) groups is 1. The molecule has 25 heavy (non-hydrogen) atoms. The van der Waals surface area contributed by atoms with E-state index < -0.39 is 4.92 Å². The Morgan fingerprint density at radius 1 is 1.40 bits per heavy atom. The minimum atomic E-state index is -0.433. The van der Waals surface area contributed by atoms with Gasteiger partial charge in [0.25, 0.3) is 5.69 Å². The predicted octanol–water partition coefficient (Wildman–Crippen LogP) is 2.75. The molecule has 2 amide bonds. The van der Waals surface area contributed by atoms with E-state index in [1.54, 1.807) is 12.1 Å². The zero-order valence-electron chi connectivity index (χ0n) is 14.4. The van der Waals surface area contributed by atoms with Gasteiger partial charge in [-0.1, -0.05) is 19.1 Å². The Balaban J connectivity index is 1.64. The van der Waals surface area contributed by atoms with Crippen molar-refractivity contribution in [2.45, 2.75) is 44.7 Å². The minimum Gasteiger partial charge on any atom is -0.396 e. The van der Waals surface area contributed by atoms with Crippen LogP contribution in [0.1, 0.15) is 44.2 Å². The molecule has 136 valence electrons. The molecule has 3 rings (SSSR count). The smallest absolute Gasteiger partial charge is 0.315 e. The van der Waals surface area contributed by atoms with Crippen LogP contribution in [0.15, 0.2) is 24.3 Å². The zero-order chi connectivity index (χ0) is 18.0. The molecule has 0 radical (unpaired) electrons. The van der Waals surface area contributed by atoms with Crippen LogP contribution in [0, 0.1) is 27.9 Å². The molecule has 2 bridgehead atoms. The number of nitrogens with zero attached hydrogens (tertiary/aromatic N) is 1. The van der Waals surface area contributed by atoms with Gasteiger partial charge in [0.2, 0.25) is 0 Å². The lowest BCUT2D eigenvalue weighted by Gasteiger charge is -2.31. The van der Waals surface area contributed by atoms with Crippen molar-refractivity contribution in [3.05, 3.63) is 39.9 Å². The molecule has 1 aromatic carbocycles. The second-order valence-corrected chi connectivity index (χ2v) is 7.14. The monoisotopic (exact) mass is 347 g/mol. The Bertz CT molecular complexity index is 651. The summed E-state index contributed by atoms with van der Waals surface area (Å²) in [6, 6.07) is 5.83. The first-order chi connectivity index (χ1) is 12.0. The number of carbonyl (C=O) groups excluding carboxylic acids is 1. The van der Waals surface area contributed by atoms with Gasteiger partial charge < -0.3 is 15.7 Å². The van der Waals surface area contributed by atoms with Crippen LogP contribution in [0.25, 0.3) is 0 Å². The number of rotatable bonds is 6. The number of aliphatic hydroxyl groups is 1. The van der Waals surface area contributed by atoms with Gasteiger partial charge in [-0.3, -0.25) is 10.1 Å². The number of fused-ring (bicyclic) bond motifs is 2. The molecule has 0 spiro atoms. The lowest BCUT2D eigenvalue weighted by Crippen LogP contribution is -2.49. The maximum absolute atomic E-state index is 12.5. The second kappa shape index (κ2) is 7.39. The summed E-state index contributed by atoms with van der Waals surface area (Å²) >= 11 is 0. The summed E-state index contributed by atoms with van der Waals surface area (Å²) in [5, 5.41) is 26.5. The molecule has 1 aromatic rings. The summed E-state index contributed by atoms with van der Waals surface area (Å²) in [7, 11) is 0. The fourth-order valence-corrected chi connectivity index (χ4v) is 4.53. The molecular weight excluding hydrogens is 322 g/mol. The number of nitro groups is 1. The van der Waals surface area contributed by atoms with E-state index in [4.69, 9.17) is 0 Å². The van der Waals surface area contributed by atoms with E-state index in [2.05, 4.69) is 10.6 Å². The summed E-state index contributed by atoms with van der Waals surface area (Å²) in [5.41, 5.74) is 0.741. The molecule has 0 heterocycles. The number of hydrogen-bond donors (Lipinski definition) is 3. The molecule has 5 atom stereocenters. The Labute approximate surface area is 147 Å². The average molecular weight is 347 g/mol. The van der Waals surface area contributed by atoms with Gasteiger partial charge in [0.1, 0.15) is 0 Å². The lowest BCUT2D eigenvalue weighted by molar-refractivity contribution is -0.384. The molecule has 5 unspecified atom stereocenters. The number of aliphatic hydroxyl groups excluding tert-OH is 1. The molecule has 2 aliphatic rings. The van der Waals surface area contributed by atoms with Crippen LogP contribution in [0.3, 0.4) is 0 Å². The third kappa shape index (κ3) is 3.61. The normalized spacial score (nSPS) is 28.6. The molecule has 2 aliphatic carbocycles. The first-order valence-corrected chi connectivity index (χ1v) is 8.95. The summed E-state index contributed by atoms with van der Waals surface area (Å²) in [5.74, 6) is 1.10. The Hall–Kier alpha value is -2.15. The summed E-state index contributed by atoms with van der Waals surface area (Å²) in [6.45, 7) is 2.03. The van der Waals surface area contributed by atoms with Crippen molar-refractivity contribution in [1.29, 1.82) is 0 Å². The van der Waals surface area contributed by atoms with E-state index in [1.165, 1.54) is 12.1 Å². The van der Waals surface area contributed by atoms with Gasteiger partial charge in [0.15, 0.2) is 0 Å². The van der Waals surface area contributed by atoms with E-state index in [9.17, 15) is 20.0 Å². The number of non-ortho nitro benzene ring substituents is 1. The van der Waals surface area contributed by atoms with E-state index >= 15 is 0 Å². The van der Waals surface area contributed by atoms with Crippen LogP contribution in [-0.2, 0) is 0 Å². The maximum Gasteiger partial charge on any atom is 0.315 e. The van der Waals surface area contributed by atoms with Crippen LogP contribution in [-0.4, -0.2) is 28.7 Å². The van der Waals surface area contributed by atoms with Crippen LogP contribution >= 0.6 is 0 Å². The highest BCUT2D eigenvalue weighted by molar-refractivity contribution is 5.75. The molecular formula is C18H25N3O4. The van der Waals surface area contributed by atoms with Crippen molar-refractivity contribution in [3.63, 3.8) is 0 Å². The predicted molar refractivity (Wildman–Crippen MR) is 93.0 cm³/mol. The maximum atomic E-state index is 12.5. The standard InChI is InChI=1S/C18H25N3O4/c1-2-16(12-4-3-5-14(9-12)21(24)25)19-18(23)20-17-13-7-6-11(8-13)15(17)10-22/h3-5,9,11,13,15-17,22H,2,6-8,10H2,1H3,(H2,19,20,23). The first-order valence-electron chi connectivity index (χ1n) is 8.95. The Kier molecular flexibility index (Phi) is 5.22. The van der Waals surface area contributed by atoms with Gasteiger partial charge in [0, 0.05) is 30.7 Å². The zero-order valence-corrected chi connectivity index (χ0v) is 14.4. The van der Waals surface area contributed by atoms with Gasteiger partial charge >= 0.3 is 6.03 Å². The highest BCUT2D eigenvalue weighted by atomic mass is 16.6. The van der Waals surface area contributed by atoms with E-state index in [0.29, 0.717) is 18.3 Å². The molecule has 0 aromatic heterocycles. The van der Waals surface area contributed by atoms with Gasteiger partial charge in [-0.2, -0.15) is 0 Å². The van der Waals surface area contributed by atoms with Crippen molar-refractivity contribution in [3.8, 4) is 0 Å². The molecule has 0 aliphatic heterocycles. The summed E-state index contributed by atoms with van der Waals surface area (Å²) < 4.78 is 0. The fraction of sp³-hybridized carbons (Fsp3) is 0.611. The van der Waals surface area contributed by atoms with Gasteiger partial charge in [-0.15, -0.1) is 0 Å². The topological polar surface area (TPSA) is 104 Å².